The number of hydrogen-bond acceptors (Lipinski definition) is 4. The van der Waals surface area contributed by atoms with E-state index in [2.05, 4.69) is 50.3 Å². The summed E-state index contributed by atoms with van der Waals surface area (Å²) < 4.78 is 7.94. The Labute approximate surface area is 234 Å². The molecule has 1 N–H and O–H groups in total. The molecule has 1 aromatic heterocycles. The van der Waals surface area contributed by atoms with Crippen molar-refractivity contribution >= 4 is 39.2 Å². The Morgan fingerprint density at radius 1 is 1.08 bits per heavy atom. The Morgan fingerprint density at radius 3 is 2.29 bits per heavy atom. The molecule has 0 saturated heterocycles. The van der Waals surface area contributed by atoms with Gasteiger partial charge in [-0.1, -0.05) is 55.3 Å². The molecule has 0 bridgehead atoms. The Bertz CT molecular complexity index is 1450. The molecule has 1 atom stereocenters. The van der Waals surface area contributed by atoms with Crippen LogP contribution in [0.2, 0.25) is 10.0 Å². The summed E-state index contributed by atoms with van der Waals surface area (Å²) in [7, 11) is -1.35. The van der Waals surface area contributed by atoms with Gasteiger partial charge in [-0.3, -0.25) is 0 Å². The van der Waals surface area contributed by atoms with Crippen LogP contribution in [0.4, 0.5) is 0 Å². The molecule has 3 aromatic carbocycles. The number of benzene rings is 3. The van der Waals surface area contributed by atoms with Crippen molar-refractivity contribution < 1.29 is 14.6 Å². The van der Waals surface area contributed by atoms with Gasteiger partial charge in [0.2, 0.25) is 0 Å². The number of carbonyl (C=O) groups is 1. The number of aryl methyl sites for hydroxylation is 1. The zero-order chi connectivity index (χ0) is 27.6. The lowest BCUT2D eigenvalue weighted by molar-refractivity contribution is 0.0697. The highest BCUT2D eigenvalue weighted by Crippen LogP contribution is 2.60. The van der Waals surface area contributed by atoms with Crippen LogP contribution in [0.5, 0.6) is 5.75 Å². The number of halogens is 2. The average Bonchev–Trinajstić information content (AvgIpc) is 3.31. The highest BCUT2D eigenvalue weighted by molar-refractivity contribution is 8.33. The molecule has 1 unspecified atom stereocenters. The van der Waals surface area contributed by atoms with Crippen molar-refractivity contribution in [2.24, 2.45) is 0 Å². The molecule has 0 aliphatic heterocycles. The molecule has 0 spiro atoms. The summed E-state index contributed by atoms with van der Waals surface area (Å²) >= 11 is 12.9. The minimum Gasteiger partial charge on any atom is -0.487 e. The van der Waals surface area contributed by atoms with Gasteiger partial charge in [0.15, 0.2) is 0 Å². The van der Waals surface area contributed by atoms with Gasteiger partial charge in [0.1, 0.15) is 23.7 Å². The molecule has 0 aliphatic carbocycles. The van der Waals surface area contributed by atoms with Crippen molar-refractivity contribution in [3.05, 3.63) is 93.2 Å². The molecule has 38 heavy (non-hydrogen) atoms. The van der Waals surface area contributed by atoms with Crippen LogP contribution in [0, 0.1) is 6.92 Å². The molecule has 0 amide bonds. The molecule has 9 heteroatoms. The van der Waals surface area contributed by atoms with E-state index in [9.17, 15) is 9.90 Å². The van der Waals surface area contributed by atoms with Crippen LogP contribution in [0.1, 0.15) is 54.0 Å². The van der Waals surface area contributed by atoms with Gasteiger partial charge in [-0.2, -0.15) is 10.0 Å². The first-order valence-corrected chi connectivity index (χ1v) is 15.2. The summed E-state index contributed by atoms with van der Waals surface area (Å²) in [6, 6.07) is 18.7. The summed E-state index contributed by atoms with van der Waals surface area (Å²) in [6.07, 6.45) is 2.26. The van der Waals surface area contributed by atoms with E-state index in [1.54, 1.807) is 35.0 Å². The number of hydrogen-bond donors (Lipinski definition) is 1. The average molecular weight is 573 g/mol. The van der Waals surface area contributed by atoms with E-state index in [0.717, 1.165) is 33.3 Å². The van der Waals surface area contributed by atoms with E-state index < -0.39 is 16.0 Å². The molecule has 4 rings (SSSR count). The Balaban J connectivity index is 1.63. The van der Waals surface area contributed by atoms with Crippen molar-refractivity contribution in [2.75, 3.05) is 12.0 Å². The lowest BCUT2D eigenvalue weighted by atomic mass is 10.1. The molecule has 0 fully saturated rings. The number of aromatic carboxylic acids is 1. The monoisotopic (exact) mass is 571 g/mol. The predicted octanol–water partition coefficient (Wildman–Crippen LogP) is 8.16. The molecule has 0 saturated carbocycles. The van der Waals surface area contributed by atoms with Crippen molar-refractivity contribution in [1.82, 2.24) is 15.0 Å². The highest BCUT2D eigenvalue weighted by atomic mass is 35.5. The minimum absolute atomic E-state index is 0.133. The third-order valence-electron chi connectivity index (χ3n) is 6.70. The van der Waals surface area contributed by atoms with Crippen LogP contribution >= 0.6 is 33.2 Å². The van der Waals surface area contributed by atoms with Crippen LogP contribution in [-0.2, 0) is 6.61 Å². The predicted molar refractivity (Wildman–Crippen MR) is 155 cm³/mol. The minimum atomic E-state index is -1.35. The van der Waals surface area contributed by atoms with Gasteiger partial charge in [0, 0.05) is 0 Å². The lowest BCUT2D eigenvalue weighted by Crippen LogP contribution is -2.10. The normalized spacial score (nSPS) is 13.8. The smallest absolute Gasteiger partial charge is 0.335 e. The number of carboxylic acids is 1. The fraction of sp³-hybridized carbons (Fsp3) is 0.276. The number of carboxylic acid groups (broad SMARTS) is 1. The second-order valence-electron chi connectivity index (χ2n) is 9.48. The van der Waals surface area contributed by atoms with Crippen LogP contribution < -0.4 is 4.74 Å². The van der Waals surface area contributed by atoms with Crippen molar-refractivity contribution in [3.63, 3.8) is 0 Å². The second kappa shape index (κ2) is 11.4. The second-order valence-corrected chi connectivity index (χ2v) is 14.0. The molecule has 1 heterocycles. The van der Waals surface area contributed by atoms with Gasteiger partial charge in [0.05, 0.1) is 21.3 Å². The van der Waals surface area contributed by atoms with Gasteiger partial charge in [-0.05, 0) is 94.8 Å². The van der Waals surface area contributed by atoms with Gasteiger partial charge in [0.25, 0.3) is 0 Å². The fourth-order valence-corrected chi connectivity index (χ4v) is 7.81. The topological polar surface area (TPSA) is 77.2 Å². The van der Waals surface area contributed by atoms with Gasteiger partial charge in [-0.25, -0.2) is 9.48 Å². The molecule has 200 valence electrons. The Kier molecular flexibility index (Phi) is 8.40. The third kappa shape index (κ3) is 5.41. The quantitative estimate of drug-likeness (QED) is 0.219. The molecule has 6 nitrogen and oxygen atoms in total. The Morgan fingerprint density at radius 2 is 1.74 bits per heavy atom. The number of aromatic nitrogens is 3. The molecule has 0 aliphatic rings. The van der Waals surface area contributed by atoms with E-state index in [4.69, 9.17) is 27.9 Å². The highest BCUT2D eigenvalue weighted by Gasteiger charge is 2.25. The standard InChI is InChI=1S/C29H31Cl2N3O3S/c1-6-38(5,22-13-10-20(11-14-22)29(35)36)26-15-12-21(16-19(26)4)37-17-25-27(18(2)3)32-33-34(25)28-23(30)8-7-9-24(28)31/h7-16,18H,6,17H2,1-5H3,(H,35,36). The van der Waals surface area contributed by atoms with Crippen LogP contribution in [0.15, 0.2) is 70.5 Å². The zero-order valence-electron chi connectivity index (χ0n) is 22.0. The first-order chi connectivity index (χ1) is 18.1. The molecule has 0 radical (unpaired) electrons. The maximum atomic E-state index is 11.3. The maximum absolute atomic E-state index is 11.3. The van der Waals surface area contributed by atoms with Crippen molar-refractivity contribution in [1.29, 1.82) is 0 Å². The van der Waals surface area contributed by atoms with Gasteiger partial charge >= 0.3 is 5.97 Å². The van der Waals surface area contributed by atoms with Gasteiger partial charge in [-0.15, -0.1) is 5.10 Å². The number of rotatable bonds is 9. The molecular formula is C29H31Cl2N3O3S. The van der Waals surface area contributed by atoms with Crippen molar-refractivity contribution in [2.45, 2.75) is 50.0 Å². The van der Waals surface area contributed by atoms with Crippen LogP contribution in [0.25, 0.3) is 5.69 Å². The molecular weight excluding hydrogens is 541 g/mol. The number of nitrogens with zero attached hydrogens (tertiary/aromatic N) is 3. The largest absolute Gasteiger partial charge is 0.487 e. The van der Waals surface area contributed by atoms with Crippen molar-refractivity contribution in [3.8, 4) is 11.4 Å². The summed E-state index contributed by atoms with van der Waals surface area (Å²) in [5, 5.41) is 19.0. The summed E-state index contributed by atoms with van der Waals surface area (Å²) in [6.45, 7) is 8.62. The van der Waals surface area contributed by atoms with E-state index in [0.29, 0.717) is 21.3 Å². The summed E-state index contributed by atoms with van der Waals surface area (Å²) in [4.78, 5) is 13.7. The first kappa shape index (κ1) is 28.0. The van der Waals surface area contributed by atoms with E-state index >= 15 is 0 Å². The van der Waals surface area contributed by atoms with E-state index in [1.165, 1.54) is 4.90 Å². The zero-order valence-corrected chi connectivity index (χ0v) is 24.4. The van der Waals surface area contributed by atoms with Crippen LogP contribution in [-0.4, -0.2) is 38.1 Å². The van der Waals surface area contributed by atoms with Crippen LogP contribution in [0.3, 0.4) is 0 Å². The summed E-state index contributed by atoms with van der Waals surface area (Å²) in [5.41, 5.74) is 3.60. The SMILES string of the molecule is CCS(C)(c1ccc(C(=O)O)cc1)c1ccc(OCc2c(C(C)C)nnn2-c2c(Cl)cccc2Cl)cc1C. The first-order valence-electron chi connectivity index (χ1n) is 12.3. The summed E-state index contributed by atoms with van der Waals surface area (Å²) in [5.74, 6) is 0.880. The Hall–Kier alpha value is -3.00. The van der Waals surface area contributed by atoms with E-state index in [-0.39, 0.29) is 12.5 Å². The molecule has 4 aromatic rings. The number of ether oxygens (including phenoxy) is 1. The fourth-order valence-electron chi connectivity index (χ4n) is 4.48. The van der Waals surface area contributed by atoms with E-state index in [1.807, 2.05) is 24.3 Å². The van der Waals surface area contributed by atoms with Gasteiger partial charge < -0.3 is 9.84 Å². The lowest BCUT2D eigenvalue weighted by Gasteiger charge is -2.37. The third-order valence-corrected chi connectivity index (χ3v) is 11.2. The number of para-hydroxylation sites is 1. The maximum Gasteiger partial charge on any atom is 0.335 e.